The highest BCUT2D eigenvalue weighted by atomic mass is 79.9. The molecule has 1 aliphatic heterocycles. The van der Waals surface area contributed by atoms with Crippen molar-refractivity contribution >= 4 is 40.5 Å². The van der Waals surface area contributed by atoms with Crippen LogP contribution in [0.25, 0.3) is 0 Å². The molecule has 1 aromatic carbocycles. The predicted octanol–water partition coefficient (Wildman–Crippen LogP) is 4.62. The van der Waals surface area contributed by atoms with Gasteiger partial charge in [0.05, 0.1) is 18.7 Å². The van der Waals surface area contributed by atoms with E-state index in [1.807, 2.05) is 27.7 Å². The van der Waals surface area contributed by atoms with Crippen molar-refractivity contribution in [2.45, 2.75) is 39.7 Å². The smallest absolute Gasteiger partial charge is 0.337 e. The average Bonchev–Trinajstić information content (AvgIpc) is 3.21. The molecule has 1 aliphatic rings. The molecule has 1 amide bonds. The number of aromatic nitrogens is 2. The lowest BCUT2D eigenvalue weighted by Crippen LogP contribution is -2.31. The van der Waals surface area contributed by atoms with Gasteiger partial charge in [-0.15, -0.1) is 17.0 Å². The minimum Gasteiger partial charge on any atom is -0.491 e. The van der Waals surface area contributed by atoms with Crippen molar-refractivity contribution in [2.75, 3.05) is 20.2 Å². The molecule has 3 N–H and O–H groups in total. The number of hydrogen-bond acceptors (Lipinski definition) is 8. The Morgan fingerprint density at radius 3 is 2.39 bits per heavy atom. The van der Waals surface area contributed by atoms with Crippen LogP contribution in [0.15, 0.2) is 42.6 Å². The van der Waals surface area contributed by atoms with E-state index in [2.05, 4.69) is 15.3 Å². The Morgan fingerprint density at radius 2 is 1.80 bits per heavy atom. The average molecular weight is 627 g/mol. The number of rotatable bonds is 9. The second-order valence-electron chi connectivity index (χ2n) is 10.2. The van der Waals surface area contributed by atoms with Gasteiger partial charge in [0.1, 0.15) is 17.3 Å². The van der Waals surface area contributed by atoms with Gasteiger partial charge in [-0.2, -0.15) is 0 Å². The van der Waals surface area contributed by atoms with Gasteiger partial charge in [0.25, 0.3) is 5.91 Å². The third-order valence-corrected chi connectivity index (χ3v) is 6.35. The van der Waals surface area contributed by atoms with Crippen molar-refractivity contribution in [2.24, 2.45) is 0 Å². The van der Waals surface area contributed by atoms with E-state index in [0.29, 0.717) is 34.9 Å². The van der Waals surface area contributed by atoms with Gasteiger partial charge in [-0.05, 0) is 42.7 Å². The molecule has 41 heavy (non-hydrogen) atoms. The molecule has 3 heterocycles. The number of aromatic carboxylic acids is 1. The molecule has 12 heteroatoms. The van der Waals surface area contributed by atoms with Crippen LogP contribution in [0.5, 0.6) is 17.4 Å². The van der Waals surface area contributed by atoms with Gasteiger partial charge in [-0.25, -0.2) is 14.8 Å². The highest BCUT2D eigenvalue weighted by Crippen LogP contribution is 2.35. The number of pyridine rings is 2. The van der Waals surface area contributed by atoms with E-state index in [4.69, 9.17) is 20.0 Å². The number of nitrogens with one attached hydrogen (secondary N) is 2. The lowest BCUT2D eigenvalue weighted by molar-refractivity contribution is 0.0695. The van der Waals surface area contributed by atoms with Crippen molar-refractivity contribution in [1.82, 2.24) is 20.2 Å². The topological polar surface area (TPSA) is 155 Å². The van der Waals surface area contributed by atoms with Gasteiger partial charge in [-0.3, -0.25) is 15.0 Å². The molecule has 11 nitrogen and oxygen atoms in total. The lowest BCUT2D eigenvalue weighted by Gasteiger charge is -2.24. The SMILES string of the molecule is Br.CCOc1cc2c(nc1C(=O)NC)C(=N)N(CC(=O)c1ccc(Oc3ccc(C(=O)O)cn3)c(C(C)(C)C)c1)C2. The molecule has 0 fully saturated rings. The number of hydrogen-bond donors (Lipinski definition) is 3. The number of nitrogens with zero attached hydrogens (tertiary/aromatic N) is 3. The number of ether oxygens (including phenoxy) is 2. The van der Waals surface area contributed by atoms with Crippen molar-refractivity contribution in [3.05, 3.63) is 76.2 Å². The van der Waals surface area contributed by atoms with Crippen LogP contribution < -0.4 is 14.8 Å². The molecule has 0 radical (unpaired) electrons. The zero-order valence-electron chi connectivity index (χ0n) is 23.4. The van der Waals surface area contributed by atoms with E-state index in [1.54, 1.807) is 29.2 Å². The van der Waals surface area contributed by atoms with Crippen molar-refractivity contribution in [3.63, 3.8) is 0 Å². The minimum atomic E-state index is -1.08. The second-order valence-corrected chi connectivity index (χ2v) is 10.2. The summed E-state index contributed by atoms with van der Waals surface area (Å²) in [6, 6.07) is 9.70. The fourth-order valence-electron chi connectivity index (χ4n) is 4.30. The van der Waals surface area contributed by atoms with Gasteiger partial charge in [-0.1, -0.05) is 20.8 Å². The second kappa shape index (κ2) is 12.5. The molecule has 0 atom stereocenters. The highest BCUT2D eigenvalue weighted by Gasteiger charge is 2.31. The Balaban J connectivity index is 0.00000462. The number of Topliss-reactive ketones (excluding diaryl/α,β-unsaturated/α-hetero) is 1. The summed E-state index contributed by atoms with van der Waals surface area (Å²) in [4.78, 5) is 46.9. The molecule has 4 rings (SSSR count). The van der Waals surface area contributed by atoms with Gasteiger partial charge < -0.3 is 24.8 Å². The molecule has 216 valence electrons. The largest absolute Gasteiger partial charge is 0.491 e. The molecule has 0 spiro atoms. The summed E-state index contributed by atoms with van der Waals surface area (Å²) < 4.78 is 11.6. The van der Waals surface area contributed by atoms with Crippen LogP contribution in [0, 0.1) is 5.41 Å². The number of carbonyl (C=O) groups is 3. The number of carboxylic acids is 1. The zero-order chi connectivity index (χ0) is 29.2. The summed E-state index contributed by atoms with van der Waals surface area (Å²) >= 11 is 0. The molecule has 0 saturated carbocycles. The lowest BCUT2D eigenvalue weighted by atomic mass is 9.85. The maximum absolute atomic E-state index is 13.4. The first-order valence-corrected chi connectivity index (χ1v) is 12.7. The monoisotopic (exact) mass is 625 g/mol. The maximum atomic E-state index is 13.4. The Labute approximate surface area is 248 Å². The summed E-state index contributed by atoms with van der Waals surface area (Å²) in [5, 5.41) is 20.3. The maximum Gasteiger partial charge on any atom is 0.337 e. The van der Waals surface area contributed by atoms with Gasteiger partial charge >= 0.3 is 5.97 Å². The first-order chi connectivity index (χ1) is 18.9. The molecule has 0 bridgehead atoms. The number of fused-ring (bicyclic) bond motifs is 1. The summed E-state index contributed by atoms with van der Waals surface area (Å²) in [6.45, 7) is 8.35. The van der Waals surface area contributed by atoms with E-state index in [9.17, 15) is 14.4 Å². The summed E-state index contributed by atoms with van der Waals surface area (Å²) in [5.74, 6) is -0.580. The molecule has 2 aromatic heterocycles. The van der Waals surface area contributed by atoms with Crippen molar-refractivity contribution in [1.29, 1.82) is 5.41 Å². The predicted molar refractivity (Wildman–Crippen MR) is 157 cm³/mol. The number of carbonyl (C=O) groups excluding carboxylic acids is 2. The van der Waals surface area contributed by atoms with E-state index < -0.39 is 11.9 Å². The Kier molecular flexibility index (Phi) is 9.49. The first-order valence-electron chi connectivity index (χ1n) is 12.7. The summed E-state index contributed by atoms with van der Waals surface area (Å²) in [6.07, 6.45) is 1.22. The summed E-state index contributed by atoms with van der Waals surface area (Å²) in [7, 11) is 1.50. The van der Waals surface area contributed by atoms with Crippen LogP contribution in [-0.4, -0.2) is 63.7 Å². The van der Waals surface area contributed by atoms with Crippen LogP contribution in [-0.2, 0) is 12.0 Å². The van der Waals surface area contributed by atoms with E-state index in [-0.39, 0.29) is 64.2 Å². The van der Waals surface area contributed by atoms with Crippen LogP contribution in [0.1, 0.15) is 75.7 Å². The highest BCUT2D eigenvalue weighted by molar-refractivity contribution is 8.93. The van der Waals surface area contributed by atoms with Crippen LogP contribution in [0.2, 0.25) is 0 Å². The fourth-order valence-corrected chi connectivity index (χ4v) is 4.30. The van der Waals surface area contributed by atoms with Crippen LogP contribution in [0.4, 0.5) is 0 Å². The van der Waals surface area contributed by atoms with Gasteiger partial charge in [0.2, 0.25) is 5.88 Å². The number of amidine groups is 1. The normalized spacial score (nSPS) is 12.3. The van der Waals surface area contributed by atoms with E-state index in [1.165, 1.54) is 25.4 Å². The van der Waals surface area contributed by atoms with Crippen molar-refractivity contribution < 1.29 is 29.0 Å². The number of carboxylic acid groups (broad SMARTS) is 1. The number of halogens is 1. The third kappa shape index (κ3) is 6.71. The molecule has 0 aliphatic carbocycles. The van der Waals surface area contributed by atoms with Crippen LogP contribution in [0.3, 0.4) is 0 Å². The first kappa shape index (κ1) is 31.2. The Morgan fingerprint density at radius 1 is 1.10 bits per heavy atom. The van der Waals surface area contributed by atoms with Crippen LogP contribution >= 0.6 is 17.0 Å². The van der Waals surface area contributed by atoms with E-state index >= 15 is 0 Å². The quantitative estimate of drug-likeness (QED) is 0.289. The fraction of sp³-hybridized carbons (Fsp3) is 0.310. The third-order valence-electron chi connectivity index (χ3n) is 6.35. The van der Waals surface area contributed by atoms with Gasteiger partial charge in [0, 0.05) is 42.5 Å². The molecule has 0 saturated heterocycles. The molecule has 3 aromatic rings. The molecule has 0 unspecified atom stereocenters. The molecular weight excluding hydrogens is 594 g/mol. The Hall–Kier alpha value is -4.32. The van der Waals surface area contributed by atoms with E-state index in [0.717, 1.165) is 5.56 Å². The van der Waals surface area contributed by atoms with Gasteiger partial charge in [0.15, 0.2) is 17.2 Å². The standard InChI is InChI=1S/C29H31N5O6.BrH/c1-6-39-22-12-18-14-34(26(30)24(18)33-25(22)27(36)31-5)15-20(35)16-7-9-21(19(11-16)29(2,3)4)40-23-10-8-17(13-32-23)28(37)38;/h7-13,30H,6,14-15H2,1-5H3,(H,31,36)(H,37,38);1H. The number of ketones is 1. The van der Waals surface area contributed by atoms with Crippen molar-refractivity contribution in [3.8, 4) is 17.4 Å². The minimum absolute atomic E-state index is 0. The number of amides is 1. The summed E-state index contributed by atoms with van der Waals surface area (Å²) in [5.41, 5.74) is 2.01. The Bertz CT molecular complexity index is 1500. The number of benzene rings is 1. The molecular formula is C29H32BrN5O6. The zero-order valence-corrected chi connectivity index (χ0v) is 25.1.